The highest BCUT2D eigenvalue weighted by Crippen LogP contribution is 2.28. The molecule has 2 heterocycles. The van der Waals surface area contributed by atoms with Gasteiger partial charge in [-0.2, -0.15) is 0 Å². The Bertz CT molecular complexity index is 896. The first-order valence-electron chi connectivity index (χ1n) is 7.89. The number of fused-ring (bicyclic) bond motifs is 1. The first-order valence-corrected chi connectivity index (χ1v) is 8.71. The Kier molecular flexibility index (Phi) is 4.32. The molecule has 1 atom stereocenters. The van der Waals surface area contributed by atoms with Crippen molar-refractivity contribution in [1.29, 1.82) is 0 Å². The van der Waals surface area contributed by atoms with E-state index in [1.54, 1.807) is 16.2 Å². The molecule has 5 nitrogen and oxygen atoms in total. The van der Waals surface area contributed by atoms with E-state index in [0.29, 0.717) is 0 Å². The molecule has 2 aromatic heterocycles. The molecule has 0 radical (unpaired) electrons. The average molecular weight is 342 g/mol. The van der Waals surface area contributed by atoms with Crippen LogP contribution < -0.4 is 5.32 Å². The number of amides is 2. The average Bonchev–Trinajstić information content (AvgIpc) is 3.08. The highest BCUT2D eigenvalue weighted by Gasteiger charge is 2.21. The Morgan fingerprint density at radius 1 is 1.33 bits per heavy atom. The van der Waals surface area contributed by atoms with E-state index in [4.69, 9.17) is 0 Å². The predicted molar refractivity (Wildman–Crippen MR) is 99.7 cm³/mol. The van der Waals surface area contributed by atoms with Crippen molar-refractivity contribution in [3.63, 3.8) is 0 Å². The molecule has 0 spiro atoms. The molecule has 0 saturated heterocycles. The minimum Gasteiger partial charge on any atom is -0.350 e. The second kappa shape index (κ2) is 6.28. The predicted octanol–water partition coefficient (Wildman–Crippen LogP) is 4.48. The van der Waals surface area contributed by atoms with E-state index >= 15 is 0 Å². The Hall–Kier alpha value is -2.34. The molecular formula is C18H22N4OS. The summed E-state index contributed by atoms with van der Waals surface area (Å²) in [5.74, 6) is 0. The fourth-order valence-corrected chi connectivity index (χ4v) is 3.86. The second-order valence-electron chi connectivity index (χ2n) is 6.10. The maximum absolute atomic E-state index is 12.6. The maximum atomic E-state index is 12.6. The zero-order valence-electron chi connectivity index (χ0n) is 14.6. The van der Waals surface area contributed by atoms with Crippen molar-refractivity contribution < 1.29 is 4.79 Å². The van der Waals surface area contributed by atoms with Crippen LogP contribution in [-0.2, 0) is 7.05 Å². The van der Waals surface area contributed by atoms with Crippen LogP contribution in [-0.4, -0.2) is 27.5 Å². The minimum absolute atomic E-state index is 0.0185. The lowest BCUT2D eigenvalue weighted by Gasteiger charge is -2.24. The largest absolute Gasteiger partial charge is 0.350 e. The normalized spacial score (nSPS) is 12.4. The van der Waals surface area contributed by atoms with Crippen LogP contribution in [0.5, 0.6) is 0 Å². The van der Waals surface area contributed by atoms with Gasteiger partial charge in [0.25, 0.3) is 0 Å². The summed E-state index contributed by atoms with van der Waals surface area (Å²) in [5.41, 5.74) is 2.89. The van der Waals surface area contributed by atoms with Crippen LogP contribution in [0.1, 0.15) is 28.5 Å². The minimum atomic E-state index is -0.124. The third-order valence-corrected chi connectivity index (χ3v) is 5.60. The molecule has 2 amide bonds. The van der Waals surface area contributed by atoms with Gasteiger partial charge in [0.15, 0.2) is 0 Å². The lowest BCUT2D eigenvalue weighted by molar-refractivity contribution is 0.209. The van der Waals surface area contributed by atoms with Crippen LogP contribution in [0, 0.1) is 13.8 Å². The summed E-state index contributed by atoms with van der Waals surface area (Å²) in [6, 6.07) is 7.86. The summed E-state index contributed by atoms with van der Waals surface area (Å²) in [6.07, 6.45) is 2.01. The molecular weight excluding hydrogens is 320 g/mol. The number of thiazole rings is 1. The van der Waals surface area contributed by atoms with Gasteiger partial charge in [0.2, 0.25) is 0 Å². The lowest BCUT2D eigenvalue weighted by atomic mass is 10.2. The molecule has 0 aliphatic rings. The van der Waals surface area contributed by atoms with Crippen molar-refractivity contribution in [2.75, 3.05) is 12.4 Å². The van der Waals surface area contributed by atoms with Gasteiger partial charge in [-0.05, 0) is 44.4 Å². The highest BCUT2D eigenvalue weighted by atomic mass is 32.1. The molecule has 126 valence electrons. The smallest absolute Gasteiger partial charge is 0.322 e. The summed E-state index contributed by atoms with van der Waals surface area (Å²) < 4.78 is 2.04. The maximum Gasteiger partial charge on any atom is 0.322 e. The van der Waals surface area contributed by atoms with Gasteiger partial charge in [0.05, 0.1) is 16.7 Å². The zero-order valence-corrected chi connectivity index (χ0v) is 15.4. The molecule has 0 bridgehead atoms. The Labute approximate surface area is 145 Å². The fraction of sp³-hybridized carbons (Fsp3) is 0.333. The quantitative estimate of drug-likeness (QED) is 0.763. The van der Waals surface area contributed by atoms with Crippen molar-refractivity contribution in [2.45, 2.75) is 26.8 Å². The molecule has 24 heavy (non-hydrogen) atoms. The molecule has 1 unspecified atom stereocenters. The summed E-state index contributed by atoms with van der Waals surface area (Å²) >= 11 is 1.64. The van der Waals surface area contributed by atoms with Crippen LogP contribution in [0.3, 0.4) is 0 Å². The summed E-state index contributed by atoms with van der Waals surface area (Å²) in [4.78, 5) is 19.9. The number of anilines is 1. The number of hydrogen-bond donors (Lipinski definition) is 1. The molecule has 0 fully saturated rings. The monoisotopic (exact) mass is 342 g/mol. The van der Waals surface area contributed by atoms with Crippen molar-refractivity contribution in [1.82, 2.24) is 14.5 Å². The van der Waals surface area contributed by atoms with E-state index in [1.807, 2.05) is 63.8 Å². The topological polar surface area (TPSA) is 50.2 Å². The molecule has 0 aliphatic carbocycles. The van der Waals surface area contributed by atoms with Crippen LogP contribution in [0.15, 0.2) is 30.5 Å². The van der Waals surface area contributed by atoms with E-state index in [1.165, 1.54) is 0 Å². The Morgan fingerprint density at radius 3 is 2.75 bits per heavy atom. The first kappa shape index (κ1) is 16.5. The number of benzene rings is 1. The van der Waals surface area contributed by atoms with Crippen LogP contribution in [0.25, 0.3) is 10.9 Å². The van der Waals surface area contributed by atoms with E-state index in [2.05, 4.69) is 16.4 Å². The van der Waals surface area contributed by atoms with E-state index in [9.17, 15) is 4.79 Å². The van der Waals surface area contributed by atoms with Crippen molar-refractivity contribution in [2.24, 2.45) is 7.05 Å². The van der Waals surface area contributed by atoms with Gasteiger partial charge in [-0.1, -0.05) is 6.07 Å². The van der Waals surface area contributed by atoms with Crippen LogP contribution in [0.4, 0.5) is 10.5 Å². The first-order chi connectivity index (χ1) is 11.4. The van der Waals surface area contributed by atoms with Crippen molar-refractivity contribution in [3.8, 4) is 0 Å². The SMILES string of the molecule is Cc1nc(C)c(C(C)N(C)C(=O)Nc2ccc3ccn(C)c3c2)s1. The number of nitrogens with zero attached hydrogens (tertiary/aromatic N) is 3. The summed E-state index contributed by atoms with van der Waals surface area (Å²) in [5, 5.41) is 5.17. The van der Waals surface area contributed by atoms with Gasteiger partial charge in [0, 0.05) is 36.4 Å². The molecule has 3 aromatic rings. The number of aromatic nitrogens is 2. The zero-order chi connectivity index (χ0) is 17.4. The van der Waals surface area contributed by atoms with Gasteiger partial charge >= 0.3 is 6.03 Å². The molecule has 0 aliphatic heterocycles. The second-order valence-corrected chi connectivity index (χ2v) is 7.33. The lowest BCUT2D eigenvalue weighted by Crippen LogP contribution is -2.33. The highest BCUT2D eigenvalue weighted by molar-refractivity contribution is 7.11. The fourth-order valence-electron chi connectivity index (χ4n) is 2.84. The van der Waals surface area contributed by atoms with Crippen LogP contribution >= 0.6 is 11.3 Å². The number of hydrogen-bond acceptors (Lipinski definition) is 3. The number of aryl methyl sites for hydroxylation is 3. The van der Waals surface area contributed by atoms with E-state index < -0.39 is 0 Å². The van der Waals surface area contributed by atoms with Crippen molar-refractivity contribution >= 4 is 34.0 Å². The molecule has 1 N–H and O–H groups in total. The van der Waals surface area contributed by atoms with Gasteiger partial charge in [0.1, 0.15) is 0 Å². The number of nitrogens with one attached hydrogen (secondary N) is 1. The van der Waals surface area contributed by atoms with E-state index in [0.717, 1.165) is 32.2 Å². The number of urea groups is 1. The molecule has 0 saturated carbocycles. The van der Waals surface area contributed by atoms with Gasteiger partial charge in [-0.15, -0.1) is 11.3 Å². The Balaban J connectivity index is 1.77. The number of carbonyl (C=O) groups is 1. The van der Waals surface area contributed by atoms with E-state index in [-0.39, 0.29) is 12.1 Å². The molecule has 1 aromatic carbocycles. The van der Waals surface area contributed by atoms with Crippen LogP contribution in [0.2, 0.25) is 0 Å². The molecule has 6 heteroatoms. The van der Waals surface area contributed by atoms with Gasteiger partial charge in [-0.3, -0.25) is 0 Å². The summed E-state index contributed by atoms with van der Waals surface area (Å²) in [7, 11) is 3.81. The van der Waals surface area contributed by atoms with Gasteiger partial charge < -0.3 is 14.8 Å². The third kappa shape index (κ3) is 3.01. The number of rotatable bonds is 3. The van der Waals surface area contributed by atoms with Gasteiger partial charge in [-0.25, -0.2) is 9.78 Å². The van der Waals surface area contributed by atoms with Crippen molar-refractivity contribution in [3.05, 3.63) is 46.0 Å². The summed E-state index contributed by atoms with van der Waals surface area (Å²) in [6.45, 7) is 6.01. The third-order valence-electron chi connectivity index (χ3n) is 4.36. The molecule has 3 rings (SSSR count). The Morgan fingerprint density at radius 2 is 2.08 bits per heavy atom. The standard InChI is InChI=1S/C18H22N4OS/c1-11-17(24-13(3)19-11)12(2)22(5)18(23)20-15-7-6-14-8-9-21(4)16(14)10-15/h6-10,12H,1-5H3,(H,20,23). The number of carbonyl (C=O) groups excluding carboxylic acids is 1.